The smallest absolute Gasteiger partial charge is 0.245 e. The maximum Gasteiger partial charge on any atom is 0.245 e. The van der Waals surface area contributed by atoms with Crippen molar-refractivity contribution in [1.29, 1.82) is 0 Å². The summed E-state index contributed by atoms with van der Waals surface area (Å²) in [5.74, 6) is -0.467. The minimum Gasteiger partial charge on any atom is -0.399 e. The zero-order valence-electron chi connectivity index (χ0n) is 9.56. The van der Waals surface area contributed by atoms with Gasteiger partial charge in [-0.2, -0.15) is 4.31 Å². The van der Waals surface area contributed by atoms with Crippen molar-refractivity contribution in [3.05, 3.63) is 24.0 Å². The van der Waals surface area contributed by atoms with Crippen LogP contribution in [0.15, 0.2) is 23.1 Å². The second-order valence-electron chi connectivity index (χ2n) is 4.45. The Labute approximate surface area is 100 Å². The number of hydrogen-bond acceptors (Lipinski definition) is 3. The molecule has 0 radical (unpaired) electrons. The second kappa shape index (κ2) is 4.27. The second-order valence-corrected chi connectivity index (χ2v) is 6.35. The van der Waals surface area contributed by atoms with Gasteiger partial charge in [0.25, 0.3) is 0 Å². The fraction of sp³-hybridized carbons (Fsp3) is 0.455. The van der Waals surface area contributed by atoms with E-state index >= 15 is 0 Å². The summed E-state index contributed by atoms with van der Waals surface area (Å²) in [7, 11) is -3.72. The van der Waals surface area contributed by atoms with Crippen LogP contribution in [0, 0.1) is 11.7 Å². The van der Waals surface area contributed by atoms with E-state index in [0.29, 0.717) is 19.0 Å². The molecule has 1 fully saturated rings. The molecule has 1 aromatic carbocycles. The van der Waals surface area contributed by atoms with Crippen LogP contribution in [0.5, 0.6) is 0 Å². The Morgan fingerprint density at radius 2 is 2.18 bits per heavy atom. The number of hydrogen-bond donors (Lipinski definition) is 1. The van der Waals surface area contributed by atoms with Crippen molar-refractivity contribution in [3.8, 4) is 0 Å². The predicted molar refractivity (Wildman–Crippen MR) is 63.4 cm³/mol. The summed E-state index contributed by atoms with van der Waals surface area (Å²) in [6, 6.07) is 3.66. The first-order valence-electron chi connectivity index (χ1n) is 5.46. The molecule has 1 saturated heterocycles. The Kier molecular flexibility index (Phi) is 3.09. The van der Waals surface area contributed by atoms with Crippen LogP contribution in [0.3, 0.4) is 0 Å². The number of nitrogens with two attached hydrogens (primary N) is 1. The van der Waals surface area contributed by atoms with Gasteiger partial charge in [0.15, 0.2) is 0 Å². The zero-order valence-corrected chi connectivity index (χ0v) is 10.4. The van der Waals surface area contributed by atoms with Crippen LogP contribution in [0.4, 0.5) is 10.1 Å². The van der Waals surface area contributed by atoms with Gasteiger partial charge in [0.1, 0.15) is 10.7 Å². The van der Waals surface area contributed by atoms with Gasteiger partial charge in [0.05, 0.1) is 0 Å². The minimum atomic E-state index is -3.72. The van der Waals surface area contributed by atoms with E-state index in [1.165, 1.54) is 16.4 Å². The molecule has 0 bridgehead atoms. The zero-order chi connectivity index (χ0) is 12.6. The van der Waals surface area contributed by atoms with Gasteiger partial charge in [-0.15, -0.1) is 0 Å². The summed E-state index contributed by atoms with van der Waals surface area (Å²) in [6.07, 6.45) is 0.815. The highest BCUT2D eigenvalue weighted by Crippen LogP contribution is 2.26. The molecule has 0 aromatic heterocycles. The van der Waals surface area contributed by atoms with Gasteiger partial charge in [0.2, 0.25) is 10.0 Å². The molecule has 1 aromatic rings. The van der Waals surface area contributed by atoms with Gasteiger partial charge < -0.3 is 5.73 Å². The van der Waals surface area contributed by atoms with E-state index in [0.717, 1.165) is 12.5 Å². The lowest BCUT2D eigenvalue weighted by Crippen LogP contribution is -2.29. The van der Waals surface area contributed by atoms with E-state index in [9.17, 15) is 12.8 Å². The lowest BCUT2D eigenvalue weighted by Gasteiger charge is -2.16. The van der Waals surface area contributed by atoms with Gasteiger partial charge in [-0.05, 0) is 30.5 Å². The lowest BCUT2D eigenvalue weighted by atomic mass is 10.2. The fourth-order valence-corrected chi connectivity index (χ4v) is 3.60. The number of benzene rings is 1. The van der Waals surface area contributed by atoms with Crippen LogP contribution in [0.1, 0.15) is 13.3 Å². The first-order valence-corrected chi connectivity index (χ1v) is 6.90. The van der Waals surface area contributed by atoms with Crippen LogP contribution >= 0.6 is 0 Å². The first-order chi connectivity index (χ1) is 7.91. The molecule has 6 heteroatoms. The predicted octanol–water partition coefficient (Wildman–Crippen LogP) is 1.44. The highest BCUT2D eigenvalue weighted by molar-refractivity contribution is 7.89. The van der Waals surface area contributed by atoms with Crippen molar-refractivity contribution in [1.82, 2.24) is 4.31 Å². The molecule has 1 aliphatic rings. The Morgan fingerprint density at radius 1 is 1.47 bits per heavy atom. The van der Waals surface area contributed by atoms with E-state index < -0.39 is 15.8 Å². The van der Waals surface area contributed by atoms with Crippen LogP contribution in [0.2, 0.25) is 0 Å². The minimum absolute atomic E-state index is 0.219. The highest BCUT2D eigenvalue weighted by Gasteiger charge is 2.32. The summed E-state index contributed by atoms with van der Waals surface area (Å²) >= 11 is 0. The normalized spacial score (nSPS) is 21.9. The van der Waals surface area contributed by atoms with E-state index in [1.807, 2.05) is 6.92 Å². The molecule has 4 nitrogen and oxygen atoms in total. The van der Waals surface area contributed by atoms with Gasteiger partial charge in [-0.3, -0.25) is 0 Å². The molecule has 94 valence electrons. The SMILES string of the molecule is CC1CCN(S(=O)(=O)c2ccc(N)cc2F)C1. The Bertz CT molecular complexity index is 530. The third-order valence-electron chi connectivity index (χ3n) is 2.96. The molecule has 0 spiro atoms. The molecule has 1 atom stereocenters. The molecule has 1 aliphatic heterocycles. The Morgan fingerprint density at radius 3 is 2.71 bits per heavy atom. The molecule has 17 heavy (non-hydrogen) atoms. The lowest BCUT2D eigenvalue weighted by molar-refractivity contribution is 0.458. The standard InChI is InChI=1S/C11H15FN2O2S/c1-8-4-5-14(7-8)17(15,16)11-3-2-9(13)6-10(11)12/h2-3,6,8H,4-5,7,13H2,1H3. The number of sulfonamides is 1. The van der Waals surface area contributed by atoms with Crippen LogP contribution in [-0.4, -0.2) is 25.8 Å². The van der Waals surface area contributed by atoms with Crippen molar-refractivity contribution < 1.29 is 12.8 Å². The molecule has 1 unspecified atom stereocenters. The molecule has 0 aliphatic carbocycles. The number of nitrogens with zero attached hydrogens (tertiary/aromatic N) is 1. The number of halogens is 1. The molecule has 1 heterocycles. The van der Waals surface area contributed by atoms with Gasteiger partial charge in [-0.25, -0.2) is 12.8 Å². The summed E-state index contributed by atoms with van der Waals surface area (Å²) in [5.41, 5.74) is 5.62. The van der Waals surface area contributed by atoms with E-state index in [4.69, 9.17) is 5.73 Å². The summed E-state index contributed by atoms with van der Waals surface area (Å²) < 4.78 is 39.3. The van der Waals surface area contributed by atoms with Gasteiger partial charge in [-0.1, -0.05) is 6.92 Å². The summed E-state index contributed by atoms with van der Waals surface area (Å²) in [4.78, 5) is -0.291. The third-order valence-corrected chi connectivity index (χ3v) is 4.86. The molecule has 0 amide bonds. The topological polar surface area (TPSA) is 63.4 Å². The van der Waals surface area contributed by atoms with Crippen molar-refractivity contribution in [2.45, 2.75) is 18.2 Å². The highest BCUT2D eigenvalue weighted by atomic mass is 32.2. The van der Waals surface area contributed by atoms with E-state index in [1.54, 1.807) is 0 Å². The van der Waals surface area contributed by atoms with Crippen LogP contribution in [0.25, 0.3) is 0 Å². The van der Waals surface area contributed by atoms with Crippen LogP contribution < -0.4 is 5.73 Å². The fourth-order valence-electron chi connectivity index (χ4n) is 1.98. The van der Waals surface area contributed by atoms with Gasteiger partial charge in [0, 0.05) is 18.8 Å². The van der Waals surface area contributed by atoms with Crippen molar-refractivity contribution >= 4 is 15.7 Å². The summed E-state index contributed by atoms with van der Waals surface area (Å²) in [5, 5.41) is 0. The monoisotopic (exact) mass is 258 g/mol. The maximum atomic E-state index is 13.6. The largest absolute Gasteiger partial charge is 0.399 e. The number of anilines is 1. The molecule has 2 rings (SSSR count). The van der Waals surface area contributed by atoms with Crippen molar-refractivity contribution in [2.24, 2.45) is 5.92 Å². The average Bonchev–Trinajstić information content (AvgIpc) is 2.64. The van der Waals surface area contributed by atoms with Crippen molar-refractivity contribution in [2.75, 3.05) is 18.8 Å². The first kappa shape index (κ1) is 12.3. The Balaban J connectivity index is 2.38. The molecular weight excluding hydrogens is 243 g/mol. The van der Waals surface area contributed by atoms with Crippen molar-refractivity contribution in [3.63, 3.8) is 0 Å². The average molecular weight is 258 g/mol. The van der Waals surface area contributed by atoms with E-state index in [-0.39, 0.29) is 10.6 Å². The molecular formula is C11H15FN2O2S. The summed E-state index contributed by atoms with van der Waals surface area (Å²) in [6.45, 7) is 2.88. The third kappa shape index (κ3) is 2.28. The maximum absolute atomic E-state index is 13.6. The van der Waals surface area contributed by atoms with Crippen LogP contribution in [-0.2, 0) is 10.0 Å². The number of rotatable bonds is 2. The quantitative estimate of drug-likeness (QED) is 0.816. The Hall–Kier alpha value is -1.14. The molecule has 2 N–H and O–H groups in total. The van der Waals surface area contributed by atoms with Gasteiger partial charge >= 0.3 is 0 Å². The molecule has 0 saturated carbocycles. The number of nitrogen functional groups attached to an aromatic ring is 1. The van der Waals surface area contributed by atoms with E-state index in [2.05, 4.69) is 0 Å².